The number of nitrogen functional groups attached to an aromatic ring is 1. The Hall–Kier alpha value is -2.28. The molecular weight excluding hydrogens is 178 g/mol. The lowest BCUT2D eigenvalue weighted by Gasteiger charge is -1.96. The van der Waals surface area contributed by atoms with Crippen molar-refractivity contribution in [2.45, 2.75) is 0 Å². The molecule has 68 valence electrons. The van der Waals surface area contributed by atoms with Crippen LogP contribution in [0.5, 0.6) is 0 Å². The monoisotopic (exact) mass is 185 g/mol. The molecule has 0 bridgehead atoms. The van der Waals surface area contributed by atoms with Crippen molar-refractivity contribution in [1.29, 1.82) is 5.26 Å². The van der Waals surface area contributed by atoms with Crippen molar-refractivity contribution < 1.29 is 4.52 Å². The predicted octanol–water partition coefficient (Wildman–Crippen LogP) is 1.80. The van der Waals surface area contributed by atoms with Gasteiger partial charge >= 0.3 is 0 Å². The highest BCUT2D eigenvalue weighted by atomic mass is 16.5. The minimum absolute atomic E-state index is 0.313. The van der Waals surface area contributed by atoms with Gasteiger partial charge in [0.2, 0.25) is 0 Å². The molecule has 14 heavy (non-hydrogen) atoms. The molecule has 0 amide bonds. The summed E-state index contributed by atoms with van der Waals surface area (Å²) in [5.74, 6) is 0.826. The molecule has 0 aliphatic heterocycles. The second kappa shape index (κ2) is 3.23. The molecule has 0 fully saturated rings. The van der Waals surface area contributed by atoms with Crippen molar-refractivity contribution in [3.8, 4) is 17.4 Å². The number of benzene rings is 1. The van der Waals surface area contributed by atoms with E-state index in [2.05, 4.69) is 11.2 Å². The Morgan fingerprint density at radius 2 is 2.14 bits per heavy atom. The SMILES string of the molecule is N#Cc1ccccc1-c1cc(N)no1. The summed E-state index contributed by atoms with van der Waals surface area (Å²) in [5, 5.41) is 12.4. The molecule has 2 N–H and O–H groups in total. The van der Waals surface area contributed by atoms with Gasteiger partial charge in [0.25, 0.3) is 0 Å². The Bertz CT molecular complexity index is 496. The second-order valence-electron chi connectivity index (χ2n) is 2.77. The van der Waals surface area contributed by atoms with Crippen LogP contribution in [0.2, 0.25) is 0 Å². The van der Waals surface area contributed by atoms with Crippen molar-refractivity contribution in [1.82, 2.24) is 5.16 Å². The molecule has 0 unspecified atom stereocenters. The van der Waals surface area contributed by atoms with Gasteiger partial charge in [0.15, 0.2) is 11.6 Å². The summed E-state index contributed by atoms with van der Waals surface area (Å²) in [6.45, 7) is 0. The van der Waals surface area contributed by atoms with E-state index >= 15 is 0 Å². The Labute approximate surface area is 80.6 Å². The molecule has 0 saturated heterocycles. The fraction of sp³-hybridized carbons (Fsp3) is 0. The maximum atomic E-state index is 8.84. The topological polar surface area (TPSA) is 75.8 Å². The molecule has 0 aliphatic carbocycles. The van der Waals surface area contributed by atoms with E-state index in [0.29, 0.717) is 22.7 Å². The minimum atomic E-state index is 0.313. The van der Waals surface area contributed by atoms with Gasteiger partial charge in [-0.25, -0.2) is 0 Å². The van der Waals surface area contributed by atoms with Gasteiger partial charge in [0.1, 0.15) is 0 Å². The Balaban J connectivity index is 2.57. The number of nitrogens with two attached hydrogens (primary N) is 1. The van der Waals surface area contributed by atoms with Gasteiger partial charge < -0.3 is 10.3 Å². The van der Waals surface area contributed by atoms with E-state index in [0.717, 1.165) is 0 Å². The fourth-order valence-electron chi connectivity index (χ4n) is 1.21. The molecule has 1 aromatic heterocycles. The van der Waals surface area contributed by atoms with Gasteiger partial charge in [-0.05, 0) is 12.1 Å². The average Bonchev–Trinajstić information content (AvgIpc) is 2.65. The van der Waals surface area contributed by atoms with E-state index in [1.165, 1.54) is 0 Å². The first kappa shape index (κ1) is 8.32. The molecule has 0 aliphatic rings. The smallest absolute Gasteiger partial charge is 0.170 e. The Morgan fingerprint density at radius 3 is 2.79 bits per heavy atom. The van der Waals surface area contributed by atoms with Gasteiger partial charge in [-0.1, -0.05) is 17.3 Å². The average molecular weight is 185 g/mol. The van der Waals surface area contributed by atoms with Crippen LogP contribution in [-0.4, -0.2) is 5.16 Å². The minimum Gasteiger partial charge on any atom is -0.381 e. The lowest BCUT2D eigenvalue weighted by Crippen LogP contribution is -1.81. The third-order valence-electron chi connectivity index (χ3n) is 1.84. The van der Waals surface area contributed by atoms with Crippen LogP contribution in [0.4, 0.5) is 5.82 Å². The molecule has 0 spiro atoms. The zero-order chi connectivity index (χ0) is 9.97. The Kier molecular flexibility index (Phi) is 1.92. The summed E-state index contributed by atoms with van der Waals surface area (Å²) in [6.07, 6.45) is 0. The maximum absolute atomic E-state index is 8.84. The zero-order valence-electron chi connectivity index (χ0n) is 7.27. The van der Waals surface area contributed by atoms with Crippen LogP contribution in [0.3, 0.4) is 0 Å². The van der Waals surface area contributed by atoms with E-state index in [1.807, 2.05) is 6.07 Å². The summed E-state index contributed by atoms with van der Waals surface area (Å²) in [5.41, 5.74) is 6.67. The number of aromatic nitrogens is 1. The van der Waals surface area contributed by atoms with Crippen LogP contribution in [0, 0.1) is 11.3 Å². The highest BCUT2D eigenvalue weighted by Gasteiger charge is 2.08. The van der Waals surface area contributed by atoms with Crippen LogP contribution in [0.15, 0.2) is 34.9 Å². The number of anilines is 1. The molecule has 1 heterocycles. The summed E-state index contributed by atoms with van der Waals surface area (Å²) < 4.78 is 4.97. The van der Waals surface area contributed by atoms with E-state index in [-0.39, 0.29) is 0 Å². The molecule has 0 atom stereocenters. The molecule has 4 heteroatoms. The summed E-state index contributed by atoms with van der Waals surface area (Å²) in [4.78, 5) is 0. The number of hydrogen-bond acceptors (Lipinski definition) is 4. The lowest BCUT2D eigenvalue weighted by molar-refractivity contribution is 0.435. The summed E-state index contributed by atoms with van der Waals surface area (Å²) in [7, 11) is 0. The highest BCUT2D eigenvalue weighted by Crippen LogP contribution is 2.24. The first-order valence-electron chi connectivity index (χ1n) is 4.03. The van der Waals surface area contributed by atoms with Crippen molar-refractivity contribution in [2.24, 2.45) is 0 Å². The first-order chi connectivity index (χ1) is 6.81. The van der Waals surface area contributed by atoms with E-state index < -0.39 is 0 Å². The van der Waals surface area contributed by atoms with E-state index in [1.54, 1.807) is 24.3 Å². The van der Waals surface area contributed by atoms with Crippen molar-refractivity contribution in [2.75, 3.05) is 5.73 Å². The third-order valence-corrected chi connectivity index (χ3v) is 1.84. The van der Waals surface area contributed by atoms with Crippen LogP contribution in [0.25, 0.3) is 11.3 Å². The van der Waals surface area contributed by atoms with Crippen molar-refractivity contribution in [3.63, 3.8) is 0 Å². The van der Waals surface area contributed by atoms with Gasteiger partial charge in [0, 0.05) is 11.6 Å². The largest absolute Gasteiger partial charge is 0.381 e. The number of hydrogen-bond donors (Lipinski definition) is 1. The molecule has 1 aromatic carbocycles. The van der Waals surface area contributed by atoms with Crippen LogP contribution in [-0.2, 0) is 0 Å². The molecule has 2 rings (SSSR count). The lowest BCUT2D eigenvalue weighted by atomic mass is 10.1. The molecular formula is C10H7N3O. The van der Waals surface area contributed by atoms with Crippen molar-refractivity contribution in [3.05, 3.63) is 35.9 Å². The number of rotatable bonds is 1. The fourth-order valence-corrected chi connectivity index (χ4v) is 1.21. The van der Waals surface area contributed by atoms with Gasteiger partial charge in [-0.2, -0.15) is 5.26 Å². The van der Waals surface area contributed by atoms with Crippen LogP contribution < -0.4 is 5.73 Å². The normalized spacial score (nSPS) is 9.64. The maximum Gasteiger partial charge on any atom is 0.170 e. The molecule has 2 aromatic rings. The number of nitriles is 1. The Morgan fingerprint density at radius 1 is 1.36 bits per heavy atom. The van der Waals surface area contributed by atoms with E-state index in [9.17, 15) is 0 Å². The van der Waals surface area contributed by atoms with Gasteiger partial charge in [0.05, 0.1) is 11.6 Å². The number of nitrogens with zero attached hydrogens (tertiary/aromatic N) is 2. The standard InChI is InChI=1S/C10H7N3O/c11-6-7-3-1-2-4-8(7)9-5-10(12)13-14-9/h1-5H,(H2,12,13). The van der Waals surface area contributed by atoms with Crippen LogP contribution in [0.1, 0.15) is 5.56 Å². The van der Waals surface area contributed by atoms with Gasteiger partial charge in [-0.3, -0.25) is 0 Å². The zero-order valence-corrected chi connectivity index (χ0v) is 7.27. The molecule has 4 nitrogen and oxygen atoms in total. The summed E-state index contributed by atoms with van der Waals surface area (Å²) in [6, 6.07) is 10.8. The van der Waals surface area contributed by atoms with Gasteiger partial charge in [-0.15, -0.1) is 0 Å². The quantitative estimate of drug-likeness (QED) is 0.734. The highest BCUT2D eigenvalue weighted by molar-refractivity contribution is 5.67. The van der Waals surface area contributed by atoms with Crippen molar-refractivity contribution >= 4 is 5.82 Å². The first-order valence-corrected chi connectivity index (χ1v) is 4.03. The third kappa shape index (κ3) is 1.31. The molecule has 0 saturated carbocycles. The molecule has 0 radical (unpaired) electrons. The second-order valence-corrected chi connectivity index (χ2v) is 2.77. The van der Waals surface area contributed by atoms with Crippen LogP contribution >= 0.6 is 0 Å². The summed E-state index contributed by atoms with van der Waals surface area (Å²) >= 11 is 0. The predicted molar refractivity (Wildman–Crippen MR) is 51.1 cm³/mol. The van der Waals surface area contributed by atoms with E-state index in [4.69, 9.17) is 15.5 Å².